The van der Waals surface area contributed by atoms with Gasteiger partial charge in [-0.1, -0.05) is 0 Å². The number of carbonyl (C=O) groups is 1. The molecule has 0 aliphatic heterocycles. The Morgan fingerprint density at radius 2 is 1.46 bits per heavy atom. The predicted molar refractivity (Wildman–Crippen MR) is 106 cm³/mol. The van der Waals surface area contributed by atoms with E-state index in [-0.39, 0.29) is 26.2 Å². The Hall–Kier alpha value is -2.13. The maximum Gasteiger partial charge on any atom is 0.188 e. The Labute approximate surface area is 169 Å². The summed E-state index contributed by atoms with van der Waals surface area (Å²) in [4.78, 5) is 15.4. The molecule has 0 fully saturated rings. The van der Waals surface area contributed by atoms with Crippen LogP contribution in [-0.2, 0) is 20.6 Å². The number of ether oxygens (including phenoxy) is 6. The molecule has 28 heavy (non-hydrogen) atoms. The third-order valence-electron chi connectivity index (χ3n) is 3.72. The van der Waals surface area contributed by atoms with Crippen LogP contribution in [-0.4, -0.2) is 47.5 Å². The molecule has 0 N–H and O–H groups in total. The first-order chi connectivity index (χ1) is 13.6. The Kier molecular flexibility index (Phi) is 9.22. The molecule has 8 heteroatoms. The molecule has 1 heterocycles. The van der Waals surface area contributed by atoms with Crippen LogP contribution >= 0.6 is 11.3 Å². The molecule has 154 valence electrons. The predicted octanol–water partition coefficient (Wildman–Crippen LogP) is 3.82. The van der Waals surface area contributed by atoms with Crippen molar-refractivity contribution in [1.82, 2.24) is 0 Å². The molecule has 0 saturated heterocycles. The van der Waals surface area contributed by atoms with Gasteiger partial charge in [0.15, 0.2) is 26.2 Å². The number of hydrogen-bond acceptors (Lipinski definition) is 8. The maximum atomic E-state index is 13.0. The van der Waals surface area contributed by atoms with Gasteiger partial charge in [-0.3, -0.25) is 4.79 Å². The summed E-state index contributed by atoms with van der Waals surface area (Å²) in [6, 6.07) is 7.34. The molecule has 0 unspecified atom stereocenters. The van der Waals surface area contributed by atoms with Crippen molar-refractivity contribution in [1.29, 1.82) is 0 Å². The molecule has 0 saturated carbocycles. The Morgan fingerprint density at radius 3 is 1.96 bits per heavy atom. The highest BCUT2D eigenvalue weighted by molar-refractivity contribution is 7.11. The van der Waals surface area contributed by atoms with Crippen LogP contribution in [0.4, 0.5) is 0 Å². The molecule has 2 rings (SSSR count). The number of thiophene rings is 1. The van der Waals surface area contributed by atoms with Gasteiger partial charge in [-0.25, -0.2) is 0 Å². The van der Waals surface area contributed by atoms with Crippen molar-refractivity contribution in [3.8, 4) is 17.2 Å². The molecular formula is C20H26O7S. The number of rotatable bonds is 13. The minimum Gasteiger partial charge on any atom is -0.467 e. The molecule has 2 aromatic rings. The number of benzene rings is 1. The second kappa shape index (κ2) is 11.7. The minimum absolute atomic E-state index is 0.0121. The van der Waals surface area contributed by atoms with E-state index in [1.165, 1.54) is 26.2 Å². The van der Waals surface area contributed by atoms with E-state index in [0.717, 1.165) is 4.88 Å². The minimum atomic E-state index is -0.0958. The average molecular weight is 410 g/mol. The van der Waals surface area contributed by atoms with Crippen molar-refractivity contribution in [3.63, 3.8) is 0 Å². The number of methoxy groups -OCH3 is 3. The van der Waals surface area contributed by atoms with Gasteiger partial charge in [0.05, 0.1) is 0 Å². The lowest BCUT2D eigenvalue weighted by molar-refractivity contribution is 0.0398. The van der Waals surface area contributed by atoms with Gasteiger partial charge in [-0.15, -0.1) is 11.3 Å². The first kappa shape index (κ1) is 22.2. The second-order valence-electron chi connectivity index (χ2n) is 5.88. The third-order valence-corrected chi connectivity index (χ3v) is 4.78. The number of Topliss-reactive ketones (excluding diaryl/α,β-unsaturated/α-hetero) is 1. The molecule has 7 nitrogen and oxygen atoms in total. The summed E-state index contributed by atoms with van der Waals surface area (Å²) in [5.41, 5.74) is 0.340. The Balaban J connectivity index is 2.30. The fraction of sp³-hybridized carbons (Fsp3) is 0.450. The van der Waals surface area contributed by atoms with Gasteiger partial charge < -0.3 is 28.4 Å². The van der Waals surface area contributed by atoms with E-state index in [2.05, 4.69) is 0 Å². The van der Waals surface area contributed by atoms with E-state index in [1.54, 1.807) is 23.5 Å². The van der Waals surface area contributed by atoms with Crippen LogP contribution in [0.2, 0.25) is 0 Å². The van der Waals surface area contributed by atoms with E-state index in [1.807, 2.05) is 19.1 Å². The highest BCUT2D eigenvalue weighted by Gasteiger charge is 2.22. The van der Waals surface area contributed by atoms with Crippen molar-refractivity contribution in [2.24, 2.45) is 0 Å². The zero-order chi connectivity index (χ0) is 20.4. The monoisotopic (exact) mass is 410 g/mol. The number of carbonyl (C=O) groups excluding carboxylic acids is 1. The maximum absolute atomic E-state index is 13.0. The first-order valence-electron chi connectivity index (χ1n) is 8.70. The summed E-state index contributed by atoms with van der Waals surface area (Å²) in [5, 5.41) is 0. The highest BCUT2D eigenvalue weighted by Crippen LogP contribution is 2.36. The quantitative estimate of drug-likeness (QED) is 0.367. The second-order valence-corrected chi connectivity index (χ2v) is 7.26. The fourth-order valence-electron chi connectivity index (χ4n) is 2.50. The van der Waals surface area contributed by atoms with Crippen molar-refractivity contribution < 1.29 is 33.2 Å². The van der Waals surface area contributed by atoms with Crippen LogP contribution in [0.1, 0.15) is 26.5 Å². The summed E-state index contributed by atoms with van der Waals surface area (Å²) >= 11 is 1.68. The topological polar surface area (TPSA) is 72.5 Å². The SMILES string of the molecule is COCOc1cc(OCOC)c(C(=O)CCc2ccc(C)s2)c(OCOC)c1. The van der Waals surface area contributed by atoms with Gasteiger partial charge in [0.1, 0.15) is 22.8 Å². The Morgan fingerprint density at radius 1 is 0.893 bits per heavy atom. The van der Waals surface area contributed by atoms with Crippen LogP contribution in [0.25, 0.3) is 0 Å². The normalized spacial score (nSPS) is 10.7. The zero-order valence-electron chi connectivity index (χ0n) is 16.6. The highest BCUT2D eigenvalue weighted by atomic mass is 32.1. The van der Waals surface area contributed by atoms with Gasteiger partial charge in [0.25, 0.3) is 0 Å². The van der Waals surface area contributed by atoms with Crippen molar-refractivity contribution >= 4 is 17.1 Å². The van der Waals surface area contributed by atoms with Crippen molar-refractivity contribution in [2.75, 3.05) is 41.7 Å². The largest absolute Gasteiger partial charge is 0.467 e. The number of hydrogen-bond donors (Lipinski definition) is 0. The number of ketones is 1. The fourth-order valence-corrected chi connectivity index (χ4v) is 3.39. The zero-order valence-corrected chi connectivity index (χ0v) is 17.4. The van der Waals surface area contributed by atoms with Gasteiger partial charge in [0.2, 0.25) is 0 Å². The van der Waals surface area contributed by atoms with E-state index in [9.17, 15) is 4.79 Å². The molecule has 0 aliphatic rings. The van der Waals surface area contributed by atoms with E-state index >= 15 is 0 Å². The summed E-state index contributed by atoms with van der Waals surface area (Å²) in [6.45, 7) is 2.07. The smallest absolute Gasteiger partial charge is 0.188 e. The van der Waals surface area contributed by atoms with Crippen molar-refractivity contribution in [3.05, 3.63) is 39.6 Å². The summed E-state index contributed by atoms with van der Waals surface area (Å²) < 4.78 is 31.7. The molecule has 1 aromatic carbocycles. The Bertz CT molecular complexity index is 728. The molecule has 0 aliphatic carbocycles. The van der Waals surface area contributed by atoms with Crippen LogP contribution in [0.3, 0.4) is 0 Å². The summed E-state index contributed by atoms with van der Waals surface area (Å²) in [6.07, 6.45) is 0.970. The van der Waals surface area contributed by atoms with E-state index < -0.39 is 0 Å². The molecule has 0 radical (unpaired) electrons. The third kappa shape index (κ3) is 6.49. The standard InChI is InChI=1S/C20H26O7S/c1-14-5-6-16(28-14)7-8-17(21)20-18(26-12-23-3)9-15(25-11-22-2)10-19(20)27-13-24-4/h5-6,9-10H,7-8,11-13H2,1-4H3. The molecular weight excluding hydrogens is 384 g/mol. The van der Waals surface area contributed by atoms with Gasteiger partial charge in [-0.05, 0) is 25.5 Å². The molecule has 0 bridgehead atoms. The van der Waals surface area contributed by atoms with Gasteiger partial charge >= 0.3 is 0 Å². The average Bonchev–Trinajstić information content (AvgIpc) is 3.12. The summed E-state index contributed by atoms with van der Waals surface area (Å²) in [5.74, 6) is 1.01. The van der Waals surface area contributed by atoms with Gasteiger partial charge in [-0.2, -0.15) is 0 Å². The summed E-state index contributed by atoms with van der Waals surface area (Å²) in [7, 11) is 4.54. The van der Waals surface area contributed by atoms with Gasteiger partial charge in [0, 0.05) is 49.6 Å². The van der Waals surface area contributed by atoms with E-state index in [4.69, 9.17) is 28.4 Å². The van der Waals surface area contributed by atoms with Crippen molar-refractivity contribution in [2.45, 2.75) is 19.8 Å². The van der Waals surface area contributed by atoms with Crippen LogP contribution in [0.5, 0.6) is 17.2 Å². The lowest BCUT2D eigenvalue weighted by atomic mass is 10.0. The van der Waals surface area contributed by atoms with Crippen LogP contribution in [0.15, 0.2) is 24.3 Å². The molecule has 0 amide bonds. The number of aryl methyl sites for hydroxylation is 2. The first-order valence-corrected chi connectivity index (χ1v) is 9.52. The molecule has 0 spiro atoms. The van der Waals surface area contributed by atoms with Crippen LogP contribution < -0.4 is 14.2 Å². The molecule has 0 atom stereocenters. The van der Waals surface area contributed by atoms with E-state index in [0.29, 0.717) is 35.7 Å². The lowest BCUT2D eigenvalue weighted by Gasteiger charge is -2.17. The lowest BCUT2D eigenvalue weighted by Crippen LogP contribution is -2.12. The van der Waals surface area contributed by atoms with Crippen LogP contribution in [0, 0.1) is 6.92 Å². The molecule has 1 aromatic heterocycles.